The van der Waals surface area contributed by atoms with Crippen molar-refractivity contribution in [2.45, 2.75) is 6.92 Å². The molecule has 13 aromatic rings. The van der Waals surface area contributed by atoms with Crippen molar-refractivity contribution in [2.75, 3.05) is 0 Å². The quantitative estimate of drug-likeness (QED) is 0.141. The smallest absolute Gasteiger partial charge is 0.197 e. The SMILES string of the molecule is [C-]#[N+]c1ccc(-c2cccc(-n3c4ccc(-c5ccc([N+]#[C-])cc5C#N)cc4c4cc(-c5ccc(C#N)cc5[N+]#[C-])ccc43)c2-c2c([N+]#[C-])cccc2-n2c3ccc(-c4ccc(C#N)cc4[N+]#[C-])cc3c3cc(-c4ccc([N+]#[C-])cc4[N+]#[C-])ccc32)c(C)c1. The maximum atomic E-state index is 10.5. The minimum Gasteiger partial charge on any atom is -0.310 e. The van der Waals surface area contributed by atoms with Crippen LogP contribution >= 0.6 is 0 Å². The Bertz CT molecular complexity index is 5510. The monoisotopic (exact) mass is 1130 g/mol. The Morgan fingerprint density at radius 3 is 1.15 bits per heavy atom. The van der Waals surface area contributed by atoms with Crippen molar-refractivity contribution in [2.24, 2.45) is 0 Å². The third-order valence-corrected chi connectivity index (χ3v) is 16.3. The first-order valence-corrected chi connectivity index (χ1v) is 27.5. The van der Waals surface area contributed by atoms with Crippen molar-refractivity contribution in [3.05, 3.63) is 302 Å². The number of benzene rings is 11. The molecular formula is C77H36N12. The molecule has 404 valence electrons. The molecule has 0 amide bonds. The maximum Gasteiger partial charge on any atom is 0.197 e. The van der Waals surface area contributed by atoms with E-state index in [1.165, 1.54) is 0 Å². The van der Waals surface area contributed by atoms with Gasteiger partial charge in [0.15, 0.2) is 39.8 Å². The van der Waals surface area contributed by atoms with Crippen LogP contribution in [0.15, 0.2) is 200 Å². The molecule has 12 heteroatoms. The van der Waals surface area contributed by atoms with E-state index in [2.05, 4.69) is 61.3 Å². The van der Waals surface area contributed by atoms with Gasteiger partial charge < -0.3 is 9.13 Å². The van der Waals surface area contributed by atoms with Gasteiger partial charge >= 0.3 is 0 Å². The van der Waals surface area contributed by atoms with E-state index in [1.54, 1.807) is 78.9 Å². The molecule has 13 rings (SSSR count). The lowest BCUT2D eigenvalue weighted by atomic mass is 9.88. The minimum atomic E-state index is 0.312. The van der Waals surface area contributed by atoms with Crippen LogP contribution in [0.1, 0.15) is 22.3 Å². The number of aromatic nitrogens is 2. The molecule has 2 aromatic heterocycles. The summed E-state index contributed by atoms with van der Waals surface area (Å²) in [5.74, 6) is 0. The second kappa shape index (κ2) is 21.9. The number of hydrogen-bond acceptors (Lipinski definition) is 3. The van der Waals surface area contributed by atoms with Crippen LogP contribution in [0, 0.1) is 86.9 Å². The largest absolute Gasteiger partial charge is 0.310 e. The van der Waals surface area contributed by atoms with Crippen LogP contribution in [-0.4, -0.2) is 9.13 Å². The summed E-state index contributed by atoms with van der Waals surface area (Å²) >= 11 is 0. The zero-order valence-corrected chi connectivity index (χ0v) is 46.9. The number of nitrogens with zero attached hydrogens (tertiary/aromatic N) is 12. The van der Waals surface area contributed by atoms with Crippen molar-refractivity contribution in [3.8, 4) is 96.3 Å². The number of rotatable bonds is 8. The van der Waals surface area contributed by atoms with E-state index >= 15 is 0 Å². The van der Waals surface area contributed by atoms with Gasteiger partial charge in [-0.2, -0.15) is 15.8 Å². The van der Waals surface area contributed by atoms with Crippen molar-refractivity contribution < 1.29 is 0 Å². The van der Waals surface area contributed by atoms with E-state index in [4.69, 9.17) is 46.0 Å². The first kappa shape index (κ1) is 54.2. The van der Waals surface area contributed by atoms with Crippen LogP contribution in [0.2, 0.25) is 0 Å². The van der Waals surface area contributed by atoms with Gasteiger partial charge in [-0.25, -0.2) is 33.9 Å². The van der Waals surface area contributed by atoms with Crippen LogP contribution < -0.4 is 0 Å². The lowest BCUT2D eigenvalue weighted by molar-refractivity contribution is 1.16. The Balaban J connectivity index is 1.15. The Morgan fingerprint density at radius 2 is 0.708 bits per heavy atom. The molecule has 12 nitrogen and oxygen atoms in total. The zero-order valence-electron chi connectivity index (χ0n) is 46.9. The molecule has 0 saturated heterocycles. The van der Waals surface area contributed by atoms with E-state index in [0.717, 1.165) is 82.6 Å². The minimum absolute atomic E-state index is 0.312. The molecule has 0 fully saturated rings. The summed E-state index contributed by atoms with van der Waals surface area (Å²) in [5.41, 5.74) is 17.0. The predicted molar refractivity (Wildman–Crippen MR) is 350 cm³/mol. The van der Waals surface area contributed by atoms with Gasteiger partial charge in [0.2, 0.25) is 0 Å². The van der Waals surface area contributed by atoms with E-state index < -0.39 is 0 Å². The first-order valence-electron chi connectivity index (χ1n) is 27.5. The fraction of sp³-hybridized carbons (Fsp3) is 0.0130. The Morgan fingerprint density at radius 1 is 0.315 bits per heavy atom. The average molecular weight is 1130 g/mol. The van der Waals surface area contributed by atoms with Gasteiger partial charge in [0, 0.05) is 55.0 Å². The normalized spacial score (nSPS) is 10.6. The highest BCUT2D eigenvalue weighted by Crippen LogP contribution is 2.51. The summed E-state index contributed by atoms with van der Waals surface area (Å²) in [6, 6.07) is 68.2. The van der Waals surface area contributed by atoms with Crippen molar-refractivity contribution >= 4 is 83.4 Å². The standard InChI is InChI=1S/C77H36N12/c1-45-33-53(81-2)21-26-56(45)61-11-9-13-74(88-70-29-17-48(57-27-22-54(82-3)36-52(57)44-80)37-62(70)63-38-49(18-30-71(63)88)58-24-15-46(42-78)34-67(58)85-6)76(61)77-66(84-5)12-10-14-75(77)89-72-31-19-50(59-25-16-47(43-79)35-68(59)86-7)39-64(72)65-40-51(20-32-73(65)89)60-28-23-55(83-4)41-69(60)87-8/h9-41H,1H3. The number of fused-ring (bicyclic) bond motifs is 6. The fourth-order valence-electron chi connectivity index (χ4n) is 12.3. The topological polar surface area (TPSA) is 112 Å². The van der Waals surface area contributed by atoms with Gasteiger partial charge in [-0.15, -0.1) is 0 Å². The molecule has 0 bridgehead atoms. The molecule has 2 heterocycles. The van der Waals surface area contributed by atoms with Crippen molar-refractivity contribution in [1.82, 2.24) is 9.13 Å². The molecule has 0 spiro atoms. The highest BCUT2D eigenvalue weighted by atomic mass is 15.0. The van der Waals surface area contributed by atoms with E-state index in [9.17, 15) is 15.8 Å². The van der Waals surface area contributed by atoms with Gasteiger partial charge in [0.1, 0.15) is 0 Å². The molecule has 0 radical (unpaired) electrons. The highest BCUT2D eigenvalue weighted by Gasteiger charge is 2.27. The Labute approximate surface area is 511 Å². The Kier molecular flexibility index (Phi) is 13.3. The maximum absolute atomic E-state index is 10.5. The Hall–Kier alpha value is -14.1. The number of aryl methyl sites for hydroxylation is 1. The third kappa shape index (κ3) is 8.93. The summed E-state index contributed by atoms with van der Waals surface area (Å²) in [6.07, 6.45) is 0. The fourth-order valence-corrected chi connectivity index (χ4v) is 12.3. The van der Waals surface area contributed by atoms with Gasteiger partial charge in [-0.3, -0.25) is 0 Å². The van der Waals surface area contributed by atoms with E-state index in [0.29, 0.717) is 101 Å². The molecule has 0 unspecified atom stereocenters. The van der Waals surface area contributed by atoms with Gasteiger partial charge in [0.05, 0.1) is 92.0 Å². The molecule has 0 aliphatic carbocycles. The number of hydrogen-bond donors (Lipinski definition) is 0. The van der Waals surface area contributed by atoms with Crippen LogP contribution in [0.4, 0.5) is 39.8 Å². The van der Waals surface area contributed by atoms with Crippen LogP contribution in [0.5, 0.6) is 0 Å². The summed E-state index contributed by atoms with van der Waals surface area (Å²) in [7, 11) is 0. The molecule has 89 heavy (non-hydrogen) atoms. The molecule has 0 atom stereocenters. The second-order valence-corrected chi connectivity index (χ2v) is 21.0. The molecule has 0 aliphatic heterocycles. The summed E-state index contributed by atoms with van der Waals surface area (Å²) in [4.78, 5) is 26.8. The van der Waals surface area contributed by atoms with Crippen molar-refractivity contribution in [1.29, 1.82) is 15.8 Å². The molecule has 0 N–H and O–H groups in total. The first-order chi connectivity index (χ1) is 43.6. The average Bonchev–Trinajstić information content (AvgIpc) is 1.63. The van der Waals surface area contributed by atoms with Gasteiger partial charge in [0.25, 0.3) is 0 Å². The van der Waals surface area contributed by atoms with E-state index in [1.807, 2.05) is 128 Å². The lowest BCUT2D eigenvalue weighted by Gasteiger charge is -2.23. The molecule has 0 saturated carbocycles. The molecule has 11 aromatic carbocycles. The van der Waals surface area contributed by atoms with Crippen LogP contribution in [0.25, 0.3) is 156 Å². The molecular weight excluding hydrogens is 1090 g/mol. The van der Waals surface area contributed by atoms with Crippen molar-refractivity contribution in [3.63, 3.8) is 0 Å². The zero-order chi connectivity index (χ0) is 61.6. The summed E-state index contributed by atoms with van der Waals surface area (Å²) in [6.45, 7) is 58.9. The lowest BCUT2D eigenvalue weighted by Crippen LogP contribution is -2.04. The van der Waals surface area contributed by atoms with Crippen LogP contribution in [-0.2, 0) is 0 Å². The number of nitriles is 3. The predicted octanol–water partition coefficient (Wildman–Crippen LogP) is 21.7. The summed E-state index contributed by atoms with van der Waals surface area (Å²) in [5, 5.41) is 33.3. The van der Waals surface area contributed by atoms with Gasteiger partial charge in [-0.05, 0) is 154 Å². The molecule has 0 aliphatic rings. The second-order valence-electron chi connectivity index (χ2n) is 21.0. The van der Waals surface area contributed by atoms with E-state index in [-0.39, 0.29) is 0 Å². The van der Waals surface area contributed by atoms with Gasteiger partial charge in [-0.1, -0.05) is 115 Å². The van der Waals surface area contributed by atoms with Crippen LogP contribution in [0.3, 0.4) is 0 Å². The summed E-state index contributed by atoms with van der Waals surface area (Å²) < 4.78 is 4.32. The highest BCUT2D eigenvalue weighted by molar-refractivity contribution is 6.16. The third-order valence-electron chi connectivity index (χ3n) is 16.3.